The normalized spacial score (nSPS) is 11.1. The molecule has 98 valence electrons. The molecule has 1 aromatic heterocycles. The van der Waals surface area contributed by atoms with Crippen LogP contribution < -0.4 is 10.3 Å². The van der Waals surface area contributed by atoms with E-state index in [0.29, 0.717) is 0 Å². The average Bonchev–Trinajstić information content (AvgIpc) is 2.13. The molecule has 0 aliphatic heterocycles. The molecule has 0 unspecified atom stereocenters. The molecule has 1 heterocycles. The van der Waals surface area contributed by atoms with Crippen molar-refractivity contribution in [2.75, 3.05) is 0 Å². The minimum absolute atomic E-state index is 0.183. The number of pyridine rings is 1. The summed E-state index contributed by atoms with van der Waals surface area (Å²) in [7, 11) is 0. The summed E-state index contributed by atoms with van der Waals surface area (Å²) < 4.78 is 39.0. The van der Waals surface area contributed by atoms with Crippen molar-refractivity contribution in [1.82, 2.24) is 4.98 Å². The van der Waals surface area contributed by atoms with Crippen molar-refractivity contribution in [3.8, 4) is 5.88 Å². The van der Waals surface area contributed by atoms with Crippen LogP contribution in [-0.2, 0) is 0 Å². The third-order valence-electron chi connectivity index (χ3n) is 1.63. The van der Waals surface area contributed by atoms with Crippen LogP contribution in [0.2, 0.25) is 0 Å². The average molecular weight is 268 g/mol. The molecule has 0 saturated heterocycles. The molecule has 0 bridgehead atoms. The number of H-pyrrole nitrogens is 1. The molecule has 0 amide bonds. The number of aromatic nitrogens is 1. The Bertz CT molecular complexity index is 563. The second-order valence-corrected chi connectivity index (χ2v) is 2.84. The van der Waals surface area contributed by atoms with E-state index in [9.17, 15) is 32.9 Å². The number of alkyl halides is 3. The molecule has 8 nitrogen and oxygen atoms in total. The first-order chi connectivity index (χ1) is 8.11. The molecule has 0 aliphatic rings. The summed E-state index contributed by atoms with van der Waals surface area (Å²) in [5.41, 5.74) is -3.90. The number of hydrogen-bond acceptors (Lipinski definition) is 5. The first-order valence-corrected chi connectivity index (χ1v) is 4.02. The standard InChI is InChI=1S/C7H3F3N2O6/c8-7(9,10)18-5-2(6(14)15)1-3(12(16)17)4(13)11-5/h1H,(H,11,13)(H,14,15). The Balaban J connectivity index is 3.44. The zero-order valence-corrected chi connectivity index (χ0v) is 8.15. The summed E-state index contributed by atoms with van der Waals surface area (Å²) in [5.74, 6) is -3.35. The fourth-order valence-corrected chi connectivity index (χ4v) is 0.993. The Morgan fingerprint density at radius 1 is 1.50 bits per heavy atom. The van der Waals surface area contributed by atoms with Crippen molar-refractivity contribution in [1.29, 1.82) is 0 Å². The number of nitrogens with one attached hydrogen (secondary N) is 1. The third-order valence-corrected chi connectivity index (χ3v) is 1.63. The number of aromatic carboxylic acids is 1. The van der Waals surface area contributed by atoms with Crippen LogP contribution in [0.5, 0.6) is 5.88 Å². The highest BCUT2D eigenvalue weighted by Gasteiger charge is 2.34. The number of halogens is 3. The van der Waals surface area contributed by atoms with Crippen molar-refractivity contribution in [3.63, 3.8) is 0 Å². The maximum atomic E-state index is 11.9. The summed E-state index contributed by atoms with van der Waals surface area (Å²) in [5, 5.41) is 18.9. The van der Waals surface area contributed by atoms with Gasteiger partial charge in [0.2, 0.25) is 5.88 Å². The van der Waals surface area contributed by atoms with Gasteiger partial charge < -0.3 is 9.84 Å². The van der Waals surface area contributed by atoms with Crippen molar-refractivity contribution in [3.05, 3.63) is 32.1 Å². The lowest BCUT2D eigenvalue weighted by molar-refractivity contribution is -0.386. The fraction of sp³-hybridized carbons (Fsp3) is 0.143. The highest BCUT2D eigenvalue weighted by Crippen LogP contribution is 2.25. The van der Waals surface area contributed by atoms with Gasteiger partial charge in [-0.15, -0.1) is 13.2 Å². The lowest BCUT2D eigenvalue weighted by Crippen LogP contribution is -2.23. The second-order valence-electron chi connectivity index (χ2n) is 2.84. The first kappa shape index (κ1) is 13.5. The molecule has 1 aromatic rings. The van der Waals surface area contributed by atoms with E-state index in [0.717, 1.165) is 0 Å². The third kappa shape index (κ3) is 2.96. The van der Waals surface area contributed by atoms with E-state index in [4.69, 9.17) is 5.11 Å². The molecule has 2 N–H and O–H groups in total. The number of ether oxygens (including phenoxy) is 1. The lowest BCUT2D eigenvalue weighted by atomic mass is 10.2. The number of carboxylic acids is 1. The molecule has 0 aromatic carbocycles. The predicted molar refractivity (Wildman–Crippen MR) is 47.4 cm³/mol. The summed E-state index contributed by atoms with van der Waals surface area (Å²) in [6.45, 7) is 0. The van der Waals surface area contributed by atoms with Crippen molar-refractivity contribution >= 4 is 11.7 Å². The highest BCUT2D eigenvalue weighted by molar-refractivity contribution is 5.90. The number of carbonyl (C=O) groups is 1. The zero-order chi connectivity index (χ0) is 14.1. The van der Waals surface area contributed by atoms with E-state index in [-0.39, 0.29) is 6.07 Å². The van der Waals surface area contributed by atoms with Crippen LogP contribution in [0, 0.1) is 10.1 Å². The van der Waals surface area contributed by atoms with Crippen LogP contribution >= 0.6 is 0 Å². The molecule has 1 rings (SSSR count). The smallest absolute Gasteiger partial charge is 0.477 e. The second kappa shape index (κ2) is 4.35. The van der Waals surface area contributed by atoms with Gasteiger partial charge in [0.15, 0.2) is 0 Å². The minimum Gasteiger partial charge on any atom is -0.477 e. The Labute approximate surface area is 94.8 Å². The van der Waals surface area contributed by atoms with E-state index >= 15 is 0 Å². The molecule has 0 atom stereocenters. The number of nitrogens with zero attached hydrogens (tertiary/aromatic N) is 1. The zero-order valence-electron chi connectivity index (χ0n) is 8.15. The molecular formula is C7H3F3N2O6. The largest absolute Gasteiger partial charge is 0.574 e. The minimum atomic E-state index is -5.25. The number of hydrogen-bond donors (Lipinski definition) is 2. The number of carboxylic acid groups (broad SMARTS) is 1. The summed E-state index contributed by atoms with van der Waals surface area (Å²) in [6, 6.07) is 0.183. The monoisotopic (exact) mass is 268 g/mol. The quantitative estimate of drug-likeness (QED) is 0.619. The Hall–Kier alpha value is -2.59. The summed E-state index contributed by atoms with van der Waals surface area (Å²) in [6.07, 6.45) is -5.25. The predicted octanol–water partition coefficient (Wildman–Crippen LogP) is 0.880. The molecule has 0 saturated carbocycles. The topological polar surface area (TPSA) is 123 Å². The Morgan fingerprint density at radius 3 is 2.44 bits per heavy atom. The van der Waals surface area contributed by atoms with Crippen molar-refractivity contribution < 1.29 is 32.7 Å². The maximum Gasteiger partial charge on any atom is 0.574 e. The van der Waals surface area contributed by atoms with E-state index in [1.807, 2.05) is 0 Å². The van der Waals surface area contributed by atoms with E-state index < -0.39 is 39.9 Å². The van der Waals surface area contributed by atoms with Crippen molar-refractivity contribution in [2.45, 2.75) is 6.36 Å². The van der Waals surface area contributed by atoms with Gasteiger partial charge in [-0.2, -0.15) is 0 Å². The van der Waals surface area contributed by atoms with Gasteiger partial charge in [-0.05, 0) is 0 Å². The molecule has 0 fully saturated rings. The molecular weight excluding hydrogens is 265 g/mol. The van der Waals surface area contributed by atoms with Crippen LogP contribution in [0.3, 0.4) is 0 Å². The first-order valence-electron chi connectivity index (χ1n) is 4.02. The van der Waals surface area contributed by atoms with Crippen LogP contribution in [0.15, 0.2) is 10.9 Å². The van der Waals surface area contributed by atoms with Gasteiger partial charge in [0, 0.05) is 6.07 Å². The summed E-state index contributed by atoms with van der Waals surface area (Å²) >= 11 is 0. The van der Waals surface area contributed by atoms with E-state index in [1.54, 1.807) is 0 Å². The van der Waals surface area contributed by atoms with Crippen LogP contribution in [0.4, 0.5) is 18.9 Å². The van der Waals surface area contributed by atoms with Gasteiger partial charge in [-0.25, -0.2) is 4.79 Å². The summed E-state index contributed by atoms with van der Waals surface area (Å²) in [4.78, 5) is 32.0. The maximum absolute atomic E-state index is 11.9. The van der Waals surface area contributed by atoms with Crippen molar-refractivity contribution in [2.24, 2.45) is 0 Å². The van der Waals surface area contributed by atoms with E-state index in [1.165, 1.54) is 4.98 Å². The molecule has 0 aliphatic carbocycles. The van der Waals surface area contributed by atoms with Crippen LogP contribution in [0.25, 0.3) is 0 Å². The highest BCUT2D eigenvalue weighted by atomic mass is 19.4. The van der Waals surface area contributed by atoms with Crippen LogP contribution in [-0.4, -0.2) is 27.3 Å². The number of nitro groups is 1. The molecule has 11 heteroatoms. The van der Waals surface area contributed by atoms with Gasteiger partial charge >= 0.3 is 23.6 Å². The van der Waals surface area contributed by atoms with Crippen LogP contribution in [0.1, 0.15) is 10.4 Å². The Morgan fingerprint density at radius 2 is 2.06 bits per heavy atom. The van der Waals surface area contributed by atoms with Gasteiger partial charge in [0.1, 0.15) is 5.56 Å². The molecule has 0 spiro atoms. The Kier molecular flexibility index (Phi) is 3.26. The van der Waals surface area contributed by atoms with Gasteiger partial charge in [0.05, 0.1) is 4.92 Å². The SMILES string of the molecule is O=C(O)c1cc([N+](=O)[O-])c(=O)[nH]c1OC(F)(F)F. The number of rotatable bonds is 3. The van der Waals surface area contributed by atoms with Gasteiger partial charge in [-0.3, -0.25) is 19.9 Å². The van der Waals surface area contributed by atoms with Gasteiger partial charge in [0.25, 0.3) is 0 Å². The molecule has 0 radical (unpaired) electrons. The fourth-order valence-electron chi connectivity index (χ4n) is 0.993. The lowest BCUT2D eigenvalue weighted by Gasteiger charge is -2.10. The number of aromatic amines is 1. The van der Waals surface area contributed by atoms with E-state index in [2.05, 4.69) is 4.74 Å². The van der Waals surface area contributed by atoms with Gasteiger partial charge in [-0.1, -0.05) is 0 Å². The molecule has 18 heavy (non-hydrogen) atoms.